The molecule has 114 valence electrons. The summed E-state index contributed by atoms with van der Waals surface area (Å²) in [6.07, 6.45) is 10.4. The summed E-state index contributed by atoms with van der Waals surface area (Å²) >= 11 is 6.21. The van der Waals surface area contributed by atoms with E-state index in [1.807, 2.05) is 6.92 Å². The number of hydrogen-bond acceptors (Lipinski definition) is 1. The van der Waals surface area contributed by atoms with Gasteiger partial charge in [0, 0.05) is 16.8 Å². The molecule has 1 aromatic rings. The zero-order valence-electron chi connectivity index (χ0n) is 13.3. The second kappa shape index (κ2) is 10.1. The van der Waals surface area contributed by atoms with Crippen LogP contribution < -0.4 is 5.32 Å². The Morgan fingerprint density at radius 1 is 1.00 bits per heavy atom. The third-order valence-electron chi connectivity index (χ3n) is 3.85. The molecule has 0 bridgehead atoms. The summed E-state index contributed by atoms with van der Waals surface area (Å²) in [5.41, 5.74) is 2.31. The van der Waals surface area contributed by atoms with Crippen LogP contribution in [0, 0.1) is 6.92 Å². The van der Waals surface area contributed by atoms with Crippen molar-refractivity contribution in [2.75, 3.05) is 5.32 Å². The van der Waals surface area contributed by atoms with Gasteiger partial charge in [-0.3, -0.25) is 0 Å². The predicted octanol–water partition coefficient (Wildman–Crippen LogP) is 6.59. The fraction of sp³-hybridized carbons (Fsp3) is 0.667. The third kappa shape index (κ3) is 6.65. The van der Waals surface area contributed by atoms with Crippen molar-refractivity contribution in [3.8, 4) is 0 Å². The molecule has 0 aliphatic rings. The largest absolute Gasteiger partial charge is 0.382 e. The maximum Gasteiger partial charge on any atom is 0.0455 e. The van der Waals surface area contributed by atoms with Gasteiger partial charge in [0.15, 0.2) is 0 Å². The highest BCUT2D eigenvalue weighted by molar-refractivity contribution is 6.31. The number of nitrogens with one attached hydrogen (secondary N) is 1. The van der Waals surface area contributed by atoms with Gasteiger partial charge in [-0.15, -0.1) is 0 Å². The molecule has 2 heteroatoms. The lowest BCUT2D eigenvalue weighted by Gasteiger charge is -2.20. The molecular weight excluding hydrogens is 266 g/mol. The summed E-state index contributed by atoms with van der Waals surface area (Å²) < 4.78 is 0. The second-order valence-corrected chi connectivity index (χ2v) is 6.20. The Morgan fingerprint density at radius 3 is 2.10 bits per heavy atom. The fourth-order valence-corrected chi connectivity index (χ4v) is 2.67. The highest BCUT2D eigenvalue weighted by Crippen LogP contribution is 2.22. The molecule has 1 aromatic carbocycles. The van der Waals surface area contributed by atoms with Crippen molar-refractivity contribution >= 4 is 17.3 Å². The number of hydrogen-bond donors (Lipinski definition) is 1. The molecule has 0 unspecified atom stereocenters. The molecule has 0 fully saturated rings. The van der Waals surface area contributed by atoms with Crippen LogP contribution in [0.2, 0.25) is 5.02 Å². The molecule has 0 aliphatic heterocycles. The molecule has 0 spiro atoms. The smallest absolute Gasteiger partial charge is 0.0455 e. The van der Waals surface area contributed by atoms with E-state index in [1.54, 1.807) is 0 Å². The first kappa shape index (κ1) is 17.4. The van der Waals surface area contributed by atoms with Gasteiger partial charge in [-0.1, -0.05) is 70.0 Å². The number of anilines is 1. The van der Waals surface area contributed by atoms with Crippen LogP contribution in [-0.2, 0) is 0 Å². The molecule has 0 atom stereocenters. The Morgan fingerprint density at radius 2 is 1.60 bits per heavy atom. The molecule has 0 saturated heterocycles. The minimum Gasteiger partial charge on any atom is -0.382 e. The number of benzene rings is 1. The quantitative estimate of drug-likeness (QED) is 0.480. The van der Waals surface area contributed by atoms with Crippen LogP contribution >= 0.6 is 11.6 Å². The Kier molecular flexibility index (Phi) is 8.77. The normalized spacial score (nSPS) is 11.1. The van der Waals surface area contributed by atoms with E-state index in [9.17, 15) is 0 Å². The Labute approximate surface area is 130 Å². The van der Waals surface area contributed by atoms with E-state index in [2.05, 4.69) is 37.4 Å². The highest BCUT2D eigenvalue weighted by Gasteiger charge is 2.09. The van der Waals surface area contributed by atoms with Crippen LogP contribution in [0.4, 0.5) is 5.69 Å². The van der Waals surface area contributed by atoms with Crippen LogP contribution in [0.5, 0.6) is 0 Å². The molecule has 20 heavy (non-hydrogen) atoms. The predicted molar refractivity (Wildman–Crippen MR) is 91.9 cm³/mol. The van der Waals surface area contributed by atoms with Gasteiger partial charge in [0.05, 0.1) is 0 Å². The van der Waals surface area contributed by atoms with Gasteiger partial charge >= 0.3 is 0 Å². The summed E-state index contributed by atoms with van der Waals surface area (Å²) in [4.78, 5) is 0. The Hall–Kier alpha value is -0.690. The average molecular weight is 296 g/mol. The zero-order valence-corrected chi connectivity index (χ0v) is 14.1. The van der Waals surface area contributed by atoms with E-state index in [0.717, 1.165) is 10.6 Å². The molecule has 0 heterocycles. The van der Waals surface area contributed by atoms with Crippen molar-refractivity contribution in [2.24, 2.45) is 0 Å². The van der Waals surface area contributed by atoms with Crippen LogP contribution in [-0.4, -0.2) is 6.04 Å². The summed E-state index contributed by atoms with van der Waals surface area (Å²) in [6.45, 7) is 6.57. The number of halogens is 1. The SMILES string of the molecule is CCCCCC(CCCCC)Nc1ccc(C)c(Cl)c1. The lowest BCUT2D eigenvalue weighted by Crippen LogP contribution is -2.19. The summed E-state index contributed by atoms with van der Waals surface area (Å²) in [5, 5.41) is 4.54. The van der Waals surface area contributed by atoms with E-state index in [1.165, 1.54) is 57.1 Å². The van der Waals surface area contributed by atoms with Crippen molar-refractivity contribution in [3.05, 3.63) is 28.8 Å². The van der Waals surface area contributed by atoms with Gasteiger partial charge in [0.1, 0.15) is 0 Å². The first-order valence-corrected chi connectivity index (χ1v) is 8.57. The minimum atomic E-state index is 0.590. The molecule has 1 N–H and O–H groups in total. The van der Waals surface area contributed by atoms with E-state index < -0.39 is 0 Å². The lowest BCUT2D eigenvalue weighted by atomic mass is 10.0. The van der Waals surface area contributed by atoms with Gasteiger partial charge in [0.25, 0.3) is 0 Å². The van der Waals surface area contributed by atoms with E-state index in [4.69, 9.17) is 11.6 Å². The average Bonchev–Trinajstić information content (AvgIpc) is 2.43. The van der Waals surface area contributed by atoms with Crippen molar-refractivity contribution in [3.63, 3.8) is 0 Å². The van der Waals surface area contributed by atoms with Gasteiger partial charge in [-0.2, -0.15) is 0 Å². The Balaban J connectivity index is 2.54. The van der Waals surface area contributed by atoms with Crippen molar-refractivity contribution in [2.45, 2.75) is 78.2 Å². The standard InChI is InChI=1S/C18H30ClN/c1-4-6-8-10-16(11-9-7-5-2)20-17-13-12-15(3)18(19)14-17/h12-14,16,20H,4-11H2,1-3H3. The monoisotopic (exact) mass is 295 g/mol. The zero-order chi connectivity index (χ0) is 14.8. The van der Waals surface area contributed by atoms with Crippen molar-refractivity contribution < 1.29 is 0 Å². The number of unbranched alkanes of at least 4 members (excludes halogenated alkanes) is 4. The lowest BCUT2D eigenvalue weighted by molar-refractivity contribution is 0.526. The second-order valence-electron chi connectivity index (χ2n) is 5.80. The van der Waals surface area contributed by atoms with E-state index >= 15 is 0 Å². The van der Waals surface area contributed by atoms with Crippen LogP contribution in [0.1, 0.15) is 70.8 Å². The van der Waals surface area contributed by atoms with E-state index in [0.29, 0.717) is 6.04 Å². The highest BCUT2D eigenvalue weighted by atomic mass is 35.5. The molecule has 0 radical (unpaired) electrons. The van der Waals surface area contributed by atoms with Crippen LogP contribution in [0.3, 0.4) is 0 Å². The van der Waals surface area contributed by atoms with Crippen LogP contribution in [0.25, 0.3) is 0 Å². The van der Waals surface area contributed by atoms with Crippen molar-refractivity contribution in [1.82, 2.24) is 0 Å². The number of aryl methyl sites for hydroxylation is 1. The fourth-order valence-electron chi connectivity index (χ4n) is 2.49. The van der Waals surface area contributed by atoms with Gasteiger partial charge in [-0.05, 0) is 37.5 Å². The van der Waals surface area contributed by atoms with Gasteiger partial charge < -0.3 is 5.32 Å². The number of rotatable bonds is 10. The third-order valence-corrected chi connectivity index (χ3v) is 4.26. The molecule has 1 rings (SSSR count). The first-order chi connectivity index (χ1) is 9.67. The minimum absolute atomic E-state index is 0.590. The molecule has 0 aromatic heterocycles. The summed E-state index contributed by atoms with van der Waals surface area (Å²) in [5.74, 6) is 0. The molecular formula is C18H30ClN. The molecule has 1 nitrogen and oxygen atoms in total. The maximum atomic E-state index is 6.21. The van der Waals surface area contributed by atoms with E-state index in [-0.39, 0.29) is 0 Å². The van der Waals surface area contributed by atoms with Crippen molar-refractivity contribution in [1.29, 1.82) is 0 Å². The summed E-state index contributed by atoms with van der Waals surface area (Å²) in [7, 11) is 0. The molecule has 0 saturated carbocycles. The maximum absolute atomic E-state index is 6.21. The van der Waals surface area contributed by atoms with Gasteiger partial charge in [0.2, 0.25) is 0 Å². The summed E-state index contributed by atoms with van der Waals surface area (Å²) in [6, 6.07) is 6.89. The molecule has 0 amide bonds. The topological polar surface area (TPSA) is 12.0 Å². The molecule has 0 aliphatic carbocycles. The first-order valence-electron chi connectivity index (χ1n) is 8.20. The van der Waals surface area contributed by atoms with Gasteiger partial charge in [-0.25, -0.2) is 0 Å². The van der Waals surface area contributed by atoms with Crippen LogP contribution in [0.15, 0.2) is 18.2 Å². The Bertz CT molecular complexity index is 366.